The van der Waals surface area contributed by atoms with Crippen LogP contribution in [0.3, 0.4) is 0 Å². The zero-order valence-corrected chi connectivity index (χ0v) is 10.3. The molecule has 0 rings (SSSR count). The molecule has 0 spiro atoms. The van der Waals surface area contributed by atoms with Gasteiger partial charge in [0.25, 0.3) is 0 Å². The molecule has 0 bridgehead atoms. The van der Waals surface area contributed by atoms with Crippen LogP contribution in [0.5, 0.6) is 0 Å². The third-order valence-electron chi connectivity index (χ3n) is 1.72. The first kappa shape index (κ1) is 15.6. The van der Waals surface area contributed by atoms with Crippen molar-refractivity contribution in [2.24, 2.45) is 0 Å². The van der Waals surface area contributed by atoms with Crippen molar-refractivity contribution in [3.05, 3.63) is 37.5 Å². The highest BCUT2D eigenvalue weighted by Gasteiger charge is 2.14. The molecule has 0 aliphatic heterocycles. The number of hydrogen-bond acceptors (Lipinski definition) is 4. The molecule has 0 aromatic rings. The van der Waals surface area contributed by atoms with Gasteiger partial charge in [-0.2, -0.15) is 0 Å². The lowest BCUT2D eigenvalue weighted by molar-refractivity contribution is -0.175. The van der Waals surface area contributed by atoms with Gasteiger partial charge in [-0.15, -0.1) is 13.2 Å². The van der Waals surface area contributed by atoms with Crippen molar-refractivity contribution >= 4 is 5.97 Å². The van der Waals surface area contributed by atoms with Crippen LogP contribution in [0.2, 0.25) is 0 Å². The van der Waals surface area contributed by atoms with Gasteiger partial charge in [0.2, 0.25) is 6.29 Å². The topological polar surface area (TPSA) is 44.8 Å². The summed E-state index contributed by atoms with van der Waals surface area (Å²) in [5.74, 6) is -0.470. The Morgan fingerprint density at radius 3 is 2.47 bits per heavy atom. The van der Waals surface area contributed by atoms with E-state index >= 15 is 0 Å². The molecule has 0 N–H and O–H groups in total. The first-order valence-corrected chi connectivity index (χ1v) is 5.39. The number of carbonyl (C=O) groups excluding carboxylic acids is 1. The van der Waals surface area contributed by atoms with Crippen LogP contribution in [-0.2, 0) is 19.0 Å². The number of hydrogen-bond donors (Lipinski definition) is 0. The maximum atomic E-state index is 11.3. The summed E-state index contributed by atoms with van der Waals surface area (Å²) in [5.41, 5.74) is 0.337. The van der Waals surface area contributed by atoms with Crippen molar-refractivity contribution in [2.45, 2.75) is 19.6 Å². The second-order valence-electron chi connectivity index (χ2n) is 3.39. The van der Waals surface area contributed by atoms with E-state index in [1.807, 2.05) is 0 Å². The van der Waals surface area contributed by atoms with Crippen molar-refractivity contribution in [2.75, 3.05) is 19.8 Å². The molecule has 0 aliphatic rings. The van der Waals surface area contributed by atoms with Gasteiger partial charge in [-0.25, -0.2) is 4.79 Å². The fraction of sp³-hybridized carbons (Fsp3) is 0.462. The van der Waals surface area contributed by atoms with Crippen molar-refractivity contribution in [3.63, 3.8) is 0 Å². The lowest BCUT2D eigenvalue weighted by Gasteiger charge is -2.17. The Kier molecular flexibility index (Phi) is 9.01. The average Bonchev–Trinajstić information content (AvgIpc) is 2.30. The molecule has 0 saturated heterocycles. The highest BCUT2D eigenvalue weighted by molar-refractivity contribution is 5.86. The SMILES string of the molecule is C=CCOCCC(OCC=C)OC(=O)C(=C)C. The molecule has 4 nitrogen and oxygen atoms in total. The summed E-state index contributed by atoms with van der Waals surface area (Å²) < 4.78 is 15.6. The number of carbonyl (C=O) groups is 1. The van der Waals surface area contributed by atoms with Gasteiger partial charge in [-0.1, -0.05) is 18.7 Å². The first-order valence-electron chi connectivity index (χ1n) is 5.39. The number of esters is 1. The van der Waals surface area contributed by atoms with Crippen LogP contribution in [0.15, 0.2) is 37.5 Å². The van der Waals surface area contributed by atoms with E-state index in [-0.39, 0.29) is 0 Å². The van der Waals surface area contributed by atoms with Crippen LogP contribution in [0.1, 0.15) is 13.3 Å². The van der Waals surface area contributed by atoms with Gasteiger partial charge < -0.3 is 14.2 Å². The molecule has 1 atom stereocenters. The second-order valence-corrected chi connectivity index (χ2v) is 3.39. The monoisotopic (exact) mass is 240 g/mol. The molecular formula is C13H20O4. The Hall–Kier alpha value is -1.39. The minimum atomic E-state index is -0.637. The maximum Gasteiger partial charge on any atom is 0.335 e. The average molecular weight is 240 g/mol. The van der Waals surface area contributed by atoms with E-state index in [1.54, 1.807) is 19.1 Å². The quantitative estimate of drug-likeness (QED) is 0.193. The maximum absolute atomic E-state index is 11.3. The molecule has 96 valence electrons. The normalized spacial score (nSPS) is 11.6. The minimum absolute atomic E-state index is 0.315. The summed E-state index contributed by atoms with van der Waals surface area (Å²) in [4.78, 5) is 11.3. The largest absolute Gasteiger partial charge is 0.432 e. The standard InChI is InChI=1S/C13H20O4/c1-5-8-15-10-7-12(16-9-6-2)17-13(14)11(3)4/h5-6,12H,1-3,7-10H2,4H3. The van der Waals surface area contributed by atoms with Crippen LogP contribution < -0.4 is 0 Å². The van der Waals surface area contributed by atoms with Crippen LogP contribution >= 0.6 is 0 Å². The number of ether oxygens (including phenoxy) is 3. The Labute approximate surface area is 103 Å². The summed E-state index contributed by atoms with van der Waals surface area (Å²) >= 11 is 0. The Bertz CT molecular complexity index is 271. The van der Waals surface area contributed by atoms with E-state index in [4.69, 9.17) is 14.2 Å². The lowest BCUT2D eigenvalue weighted by atomic mass is 10.3. The summed E-state index contributed by atoms with van der Waals surface area (Å²) in [5, 5.41) is 0. The van der Waals surface area contributed by atoms with Crippen LogP contribution in [0.4, 0.5) is 0 Å². The molecular weight excluding hydrogens is 220 g/mol. The Morgan fingerprint density at radius 1 is 1.29 bits per heavy atom. The summed E-state index contributed by atoms with van der Waals surface area (Å²) in [7, 11) is 0. The molecule has 4 heteroatoms. The minimum Gasteiger partial charge on any atom is -0.432 e. The predicted molar refractivity (Wildman–Crippen MR) is 66.5 cm³/mol. The van der Waals surface area contributed by atoms with E-state index in [0.717, 1.165) is 0 Å². The fourth-order valence-corrected chi connectivity index (χ4v) is 0.918. The molecule has 0 amide bonds. The van der Waals surface area contributed by atoms with Gasteiger partial charge in [0.1, 0.15) is 0 Å². The first-order chi connectivity index (χ1) is 8.11. The van der Waals surface area contributed by atoms with Gasteiger partial charge in [0.15, 0.2) is 0 Å². The summed E-state index contributed by atoms with van der Waals surface area (Å²) in [6.07, 6.45) is 3.06. The van der Waals surface area contributed by atoms with Crippen LogP contribution in [-0.4, -0.2) is 32.1 Å². The Morgan fingerprint density at radius 2 is 1.94 bits per heavy atom. The number of rotatable bonds is 10. The molecule has 0 radical (unpaired) electrons. The molecule has 0 aromatic heterocycles. The van der Waals surface area contributed by atoms with Gasteiger partial charge >= 0.3 is 5.97 Å². The molecule has 1 unspecified atom stereocenters. The third-order valence-corrected chi connectivity index (χ3v) is 1.72. The van der Waals surface area contributed by atoms with E-state index in [0.29, 0.717) is 31.8 Å². The van der Waals surface area contributed by atoms with Crippen molar-refractivity contribution in [1.82, 2.24) is 0 Å². The van der Waals surface area contributed by atoms with Gasteiger partial charge in [0.05, 0.1) is 19.8 Å². The molecule has 17 heavy (non-hydrogen) atoms. The second kappa shape index (κ2) is 9.81. The Balaban J connectivity index is 4.03. The van der Waals surface area contributed by atoms with Crippen molar-refractivity contribution < 1.29 is 19.0 Å². The molecule has 0 heterocycles. The molecule has 0 aliphatic carbocycles. The molecule has 0 aromatic carbocycles. The highest BCUT2D eigenvalue weighted by atomic mass is 16.7. The summed E-state index contributed by atoms with van der Waals surface area (Å²) in [6.45, 7) is 13.4. The molecule has 0 saturated carbocycles. The van der Waals surface area contributed by atoms with Crippen LogP contribution in [0.25, 0.3) is 0 Å². The van der Waals surface area contributed by atoms with Crippen LogP contribution in [0, 0.1) is 0 Å². The van der Waals surface area contributed by atoms with Crippen molar-refractivity contribution in [3.8, 4) is 0 Å². The van der Waals surface area contributed by atoms with E-state index in [2.05, 4.69) is 19.7 Å². The smallest absolute Gasteiger partial charge is 0.335 e. The van der Waals surface area contributed by atoms with E-state index in [1.165, 1.54) is 0 Å². The fourth-order valence-electron chi connectivity index (χ4n) is 0.918. The highest BCUT2D eigenvalue weighted by Crippen LogP contribution is 2.05. The third kappa shape index (κ3) is 8.42. The lowest BCUT2D eigenvalue weighted by Crippen LogP contribution is -2.23. The van der Waals surface area contributed by atoms with Gasteiger partial charge in [-0.05, 0) is 6.92 Å². The van der Waals surface area contributed by atoms with E-state index < -0.39 is 12.3 Å². The zero-order chi connectivity index (χ0) is 13.1. The van der Waals surface area contributed by atoms with Gasteiger partial charge in [-0.3, -0.25) is 0 Å². The van der Waals surface area contributed by atoms with Gasteiger partial charge in [0, 0.05) is 12.0 Å². The summed E-state index contributed by atoms with van der Waals surface area (Å²) in [6, 6.07) is 0. The van der Waals surface area contributed by atoms with Crippen molar-refractivity contribution in [1.29, 1.82) is 0 Å². The zero-order valence-electron chi connectivity index (χ0n) is 10.3. The predicted octanol–water partition coefficient (Wildman–Crippen LogP) is 2.23. The van der Waals surface area contributed by atoms with E-state index in [9.17, 15) is 4.79 Å². The molecule has 0 fully saturated rings.